The van der Waals surface area contributed by atoms with Crippen molar-refractivity contribution >= 4 is 21.8 Å². The predicted molar refractivity (Wildman–Crippen MR) is 117 cm³/mol. The minimum absolute atomic E-state index is 0.0504. The van der Waals surface area contributed by atoms with Crippen molar-refractivity contribution in [3.8, 4) is 0 Å². The van der Waals surface area contributed by atoms with Crippen LogP contribution in [0, 0.1) is 25.7 Å². The van der Waals surface area contributed by atoms with E-state index in [-0.39, 0.29) is 36.7 Å². The number of aryl methyl sites for hydroxylation is 2. The number of hydrogen-bond acceptors (Lipinski definition) is 4. The predicted octanol–water partition coefficient (Wildman–Crippen LogP) is 2.32. The lowest BCUT2D eigenvalue weighted by molar-refractivity contribution is -0.138. The number of benzene rings is 1. The second-order valence-corrected chi connectivity index (χ2v) is 10.8. The molecule has 1 heterocycles. The molecule has 0 aliphatic carbocycles. The van der Waals surface area contributed by atoms with Crippen LogP contribution in [-0.4, -0.2) is 61.7 Å². The normalized spacial score (nSPS) is 16.7. The Bertz CT molecular complexity index is 872. The fourth-order valence-electron chi connectivity index (χ4n) is 3.69. The van der Waals surface area contributed by atoms with Crippen molar-refractivity contribution in [2.24, 2.45) is 11.8 Å². The van der Waals surface area contributed by atoms with E-state index in [9.17, 15) is 18.0 Å². The first-order chi connectivity index (χ1) is 13.9. The molecule has 1 fully saturated rings. The summed E-state index contributed by atoms with van der Waals surface area (Å²) < 4.78 is 27.5. The number of amides is 2. The van der Waals surface area contributed by atoms with Crippen LogP contribution in [0.5, 0.6) is 0 Å². The van der Waals surface area contributed by atoms with Gasteiger partial charge < -0.3 is 10.2 Å². The van der Waals surface area contributed by atoms with Crippen molar-refractivity contribution < 1.29 is 18.0 Å². The number of carbonyl (C=O) groups is 2. The number of nitrogens with one attached hydrogen (secondary N) is 1. The maximum absolute atomic E-state index is 13.1. The Morgan fingerprint density at radius 3 is 2.13 bits per heavy atom. The lowest BCUT2D eigenvalue weighted by Gasteiger charge is -2.37. The molecular formula is C22H35N3O4S. The van der Waals surface area contributed by atoms with E-state index in [0.717, 1.165) is 11.1 Å². The largest absolute Gasteiger partial charge is 0.344 e. The number of carbonyl (C=O) groups excluding carboxylic acids is 2. The third-order valence-corrected chi connectivity index (χ3v) is 7.40. The molecule has 168 valence electrons. The number of piperazine rings is 1. The van der Waals surface area contributed by atoms with E-state index >= 15 is 0 Å². The van der Waals surface area contributed by atoms with Crippen LogP contribution in [0.2, 0.25) is 0 Å². The minimum atomic E-state index is -3.60. The van der Waals surface area contributed by atoms with Crippen LogP contribution < -0.4 is 5.32 Å². The van der Waals surface area contributed by atoms with Gasteiger partial charge in [-0.25, -0.2) is 8.42 Å². The third kappa shape index (κ3) is 5.82. The van der Waals surface area contributed by atoms with Gasteiger partial charge in [-0.3, -0.25) is 9.59 Å². The highest BCUT2D eigenvalue weighted by Crippen LogP contribution is 2.22. The highest BCUT2D eigenvalue weighted by molar-refractivity contribution is 7.89. The molecule has 1 aliphatic rings. The Balaban J connectivity index is 2.06. The van der Waals surface area contributed by atoms with E-state index in [1.807, 2.05) is 40.7 Å². The highest BCUT2D eigenvalue weighted by atomic mass is 32.2. The molecule has 0 saturated carbocycles. The smallest absolute Gasteiger partial charge is 0.245 e. The first-order valence-corrected chi connectivity index (χ1v) is 12.0. The summed E-state index contributed by atoms with van der Waals surface area (Å²) >= 11 is 0. The summed E-state index contributed by atoms with van der Waals surface area (Å²) in [5.74, 6) is -0.115. The van der Waals surface area contributed by atoms with E-state index < -0.39 is 16.1 Å². The Hall–Kier alpha value is -1.93. The molecule has 0 spiro atoms. The summed E-state index contributed by atoms with van der Waals surface area (Å²) in [4.78, 5) is 27.2. The van der Waals surface area contributed by atoms with Gasteiger partial charge in [-0.1, -0.05) is 45.4 Å². The topological polar surface area (TPSA) is 86.8 Å². The number of rotatable bonds is 7. The zero-order chi connectivity index (χ0) is 22.6. The average Bonchev–Trinajstić information content (AvgIpc) is 2.64. The lowest BCUT2D eigenvalue weighted by Crippen LogP contribution is -2.57. The summed E-state index contributed by atoms with van der Waals surface area (Å²) in [6.45, 7) is 12.6. The van der Waals surface area contributed by atoms with Gasteiger partial charge in [-0.15, -0.1) is 0 Å². The van der Waals surface area contributed by atoms with Crippen LogP contribution >= 0.6 is 0 Å². The molecule has 1 saturated heterocycles. The third-order valence-electron chi connectivity index (χ3n) is 5.34. The number of hydrogen-bond donors (Lipinski definition) is 1. The maximum Gasteiger partial charge on any atom is 0.245 e. The van der Waals surface area contributed by atoms with E-state index in [4.69, 9.17) is 0 Å². The van der Waals surface area contributed by atoms with Gasteiger partial charge in [0.1, 0.15) is 6.04 Å². The first kappa shape index (κ1) is 24.3. The maximum atomic E-state index is 13.1. The molecule has 2 amide bonds. The molecule has 7 nitrogen and oxygen atoms in total. The Kier molecular flexibility index (Phi) is 8.05. The molecule has 8 heteroatoms. The lowest BCUT2D eigenvalue weighted by atomic mass is 10.0. The summed E-state index contributed by atoms with van der Waals surface area (Å²) in [5, 5.41) is 2.86. The van der Waals surface area contributed by atoms with Gasteiger partial charge in [0, 0.05) is 32.6 Å². The van der Waals surface area contributed by atoms with Gasteiger partial charge in [-0.05, 0) is 37.3 Å². The van der Waals surface area contributed by atoms with Gasteiger partial charge in [-0.2, -0.15) is 4.31 Å². The van der Waals surface area contributed by atoms with Crippen LogP contribution in [0.1, 0.15) is 45.2 Å². The fraction of sp³-hybridized carbons (Fsp3) is 0.636. The number of sulfonamides is 1. The highest BCUT2D eigenvalue weighted by Gasteiger charge is 2.34. The minimum Gasteiger partial charge on any atom is -0.344 e. The quantitative estimate of drug-likeness (QED) is 0.709. The van der Waals surface area contributed by atoms with Crippen molar-refractivity contribution in [3.05, 3.63) is 29.3 Å². The second kappa shape index (κ2) is 9.92. The Morgan fingerprint density at radius 2 is 1.63 bits per heavy atom. The molecule has 1 N–H and O–H groups in total. The zero-order valence-corrected chi connectivity index (χ0v) is 19.8. The molecule has 0 radical (unpaired) electrons. The standard InChI is InChI=1S/C22H35N3O4S/c1-15(2)13-20(26)23-21(16(3)4)22(27)24-9-11-25(12-10-24)30(28,29)19-8-7-17(5)14-18(19)6/h7-8,14-16,21H,9-13H2,1-6H3,(H,23,26). The van der Waals surface area contributed by atoms with Crippen molar-refractivity contribution in [1.82, 2.24) is 14.5 Å². The van der Waals surface area contributed by atoms with Crippen molar-refractivity contribution in [2.75, 3.05) is 26.2 Å². The van der Waals surface area contributed by atoms with Gasteiger partial charge in [0.2, 0.25) is 21.8 Å². The van der Waals surface area contributed by atoms with Crippen molar-refractivity contribution in [3.63, 3.8) is 0 Å². The van der Waals surface area contributed by atoms with Gasteiger partial charge in [0.25, 0.3) is 0 Å². The zero-order valence-electron chi connectivity index (χ0n) is 18.9. The molecule has 2 rings (SSSR count). The molecule has 1 aromatic rings. The van der Waals surface area contributed by atoms with Crippen LogP contribution in [0.3, 0.4) is 0 Å². The van der Waals surface area contributed by atoms with Crippen LogP contribution in [-0.2, 0) is 19.6 Å². The van der Waals surface area contributed by atoms with E-state index in [1.165, 1.54) is 4.31 Å². The summed E-state index contributed by atoms with van der Waals surface area (Å²) in [6.07, 6.45) is 0.373. The van der Waals surface area contributed by atoms with Gasteiger partial charge in [0.15, 0.2) is 0 Å². The van der Waals surface area contributed by atoms with Crippen molar-refractivity contribution in [1.29, 1.82) is 0 Å². The van der Waals surface area contributed by atoms with Crippen LogP contribution in [0.15, 0.2) is 23.1 Å². The molecule has 0 bridgehead atoms. The molecule has 1 aliphatic heterocycles. The van der Waals surface area contributed by atoms with E-state index in [0.29, 0.717) is 24.4 Å². The molecule has 1 atom stereocenters. The molecule has 30 heavy (non-hydrogen) atoms. The van der Waals surface area contributed by atoms with Gasteiger partial charge >= 0.3 is 0 Å². The Morgan fingerprint density at radius 1 is 1.03 bits per heavy atom. The summed E-state index contributed by atoms with van der Waals surface area (Å²) in [6, 6.07) is 4.71. The molecular weight excluding hydrogens is 402 g/mol. The van der Waals surface area contributed by atoms with Crippen molar-refractivity contribution in [2.45, 2.75) is 58.9 Å². The fourth-order valence-corrected chi connectivity index (χ4v) is 5.32. The van der Waals surface area contributed by atoms with E-state index in [2.05, 4.69) is 5.32 Å². The molecule has 0 aromatic heterocycles. The summed E-state index contributed by atoms with van der Waals surface area (Å²) in [5.41, 5.74) is 1.74. The monoisotopic (exact) mass is 437 g/mol. The molecule has 1 unspecified atom stereocenters. The van der Waals surface area contributed by atoms with E-state index in [1.54, 1.807) is 24.0 Å². The number of nitrogens with zero attached hydrogens (tertiary/aromatic N) is 2. The first-order valence-electron chi connectivity index (χ1n) is 10.6. The van der Waals surface area contributed by atoms with Crippen LogP contribution in [0.25, 0.3) is 0 Å². The second-order valence-electron chi connectivity index (χ2n) is 8.89. The summed E-state index contributed by atoms with van der Waals surface area (Å²) in [7, 11) is -3.60. The van der Waals surface area contributed by atoms with Crippen LogP contribution in [0.4, 0.5) is 0 Å². The molecule has 1 aromatic carbocycles. The Labute approximate surface area is 180 Å². The average molecular weight is 438 g/mol. The van der Waals surface area contributed by atoms with Gasteiger partial charge in [0.05, 0.1) is 4.90 Å². The SMILES string of the molecule is Cc1ccc(S(=O)(=O)N2CCN(C(=O)C(NC(=O)CC(C)C)C(C)C)CC2)c(C)c1.